The summed E-state index contributed by atoms with van der Waals surface area (Å²) in [6.07, 6.45) is 1.48. The van der Waals surface area contributed by atoms with Crippen LogP contribution in [0, 0.1) is 0 Å². The van der Waals surface area contributed by atoms with Crippen LogP contribution in [0.4, 0.5) is 5.95 Å². The van der Waals surface area contributed by atoms with Gasteiger partial charge in [-0.05, 0) is 6.42 Å². The zero-order valence-corrected chi connectivity index (χ0v) is 11.3. The van der Waals surface area contributed by atoms with Gasteiger partial charge >= 0.3 is 7.94 Å². The minimum Gasteiger partial charge on any atom is -0.369 e. The molecule has 2 heterocycles. The molecule has 0 aromatic carbocycles. The highest BCUT2D eigenvalue weighted by Gasteiger charge is 2.29. The molecular formula is C9H15N5O5P+. The number of nitrogens with zero attached hydrogens (tertiary/aromatic N) is 3. The van der Waals surface area contributed by atoms with Gasteiger partial charge in [-0.25, -0.2) is 4.98 Å². The van der Waals surface area contributed by atoms with Crippen LogP contribution in [-0.2, 0) is 11.3 Å². The van der Waals surface area contributed by atoms with Gasteiger partial charge in [0.25, 0.3) is 5.56 Å². The number of ether oxygens (including phenoxy) is 1. The first-order valence-electron chi connectivity index (χ1n) is 5.71. The number of nitrogen functional groups attached to an aromatic ring is 1. The molecule has 20 heavy (non-hydrogen) atoms. The van der Waals surface area contributed by atoms with Crippen molar-refractivity contribution in [1.29, 1.82) is 0 Å². The Hall–Kier alpha value is -1.58. The van der Waals surface area contributed by atoms with Crippen LogP contribution in [-0.4, -0.2) is 47.2 Å². The van der Waals surface area contributed by atoms with E-state index in [1.165, 1.54) is 6.33 Å². The van der Waals surface area contributed by atoms with Crippen LogP contribution in [0.2, 0.25) is 0 Å². The van der Waals surface area contributed by atoms with E-state index < -0.39 is 19.9 Å². The molecule has 0 aliphatic heterocycles. The van der Waals surface area contributed by atoms with Crippen LogP contribution >= 0.6 is 7.94 Å². The molecule has 0 saturated heterocycles. The maximum absolute atomic E-state index is 11.5. The number of aromatic nitrogens is 4. The van der Waals surface area contributed by atoms with E-state index in [0.717, 1.165) is 0 Å². The quantitative estimate of drug-likeness (QED) is 0.329. The summed E-state index contributed by atoms with van der Waals surface area (Å²) in [5.74, 6) is 0.0101. The predicted octanol–water partition coefficient (Wildman–Crippen LogP) is -1.19. The lowest BCUT2D eigenvalue weighted by molar-refractivity contribution is 0.142. The Morgan fingerprint density at radius 2 is 2.20 bits per heavy atom. The third-order valence-electron chi connectivity index (χ3n) is 2.45. The lowest BCUT2D eigenvalue weighted by Crippen LogP contribution is -2.12. The summed E-state index contributed by atoms with van der Waals surface area (Å²) in [6, 6.07) is 0. The molecule has 0 amide bonds. The lowest BCUT2D eigenvalue weighted by atomic mass is 10.4. The molecule has 0 fully saturated rings. The van der Waals surface area contributed by atoms with Crippen molar-refractivity contribution in [3.8, 4) is 0 Å². The summed E-state index contributed by atoms with van der Waals surface area (Å²) in [4.78, 5) is 48.0. The molecule has 0 unspecified atom stereocenters. The second kappa shape index (κ2) is 5.81. The Morgan fingerprint density at radius 1 is 1.45 bits per heavy atom. The highest BCUT2D eigenvalue weighted by Crippen LogP contribution is 2.43. The summed E-state index contributed by atoms with van der Waals surface area (Å²) in [6.45, 7) is 0.669. The standard InChI is InChI=1S/C9H14N5O5P/c10-9-12-7-6(8(15)13-9)11-4-14(7)2-1-3-19-5-20(16,17)18/h4,16-18H,1-3,5H2,(H2-,10,12,13,15)/p+1. The van der Waals surface area contributed by atoms with Crippen molar-refractivity contribution >= 4 is 25.1 Å². The molecule has 110 valence electrons. The van der Waals surface area contributed by atoms with Crippen LogP contribution in [0.5, 0.6) is 0 Å². The molecule has 6 N–H and O–H groups in total. The monoisotopic (exact) mass is 304 g/mol. The van der Waals surface area contributed by atoms with E-state index in [-0.39, 0.29) is 18.1 Å². The van der Waals surface area contributed by atoms with E-state index in [1.807, 2.05) is 0 Å². The Labute approximate surface area is 113 Å². The number of fused-ring (bicyclic) bond motifs is 1. The zero-order chi connectivity index (χ0) is 14.8. The number of imidazole rings is 1. The molecular weight excluding hydrogens is 289 g/mol. The number of anilines is 1. The van der Waals surface area contributed by atoms with Gasteiger partial charge in [-0.1, -0.05) is 0 Å². The van der Waals surface area contributed by atoms with Gasteiger partial charge in [-0.2, -0.15) is 19.7 Å². The van der Waals surface area contributed by atoms with Gasteiger partial charge in [-0.15, -0.1) is 0 Å². The number of hydrogen-bond acceptors (Lipinski definition) is 8. The van der Waals surface area contributed by atoms with Crippen LogP contribution < -0.4 is 11.3 Å². The molecule has 11 heteroatoms. The van der Waals surface area contributed by atoms with E-state index in [2.05, 4.69) is 15.0 Å². The Balaban J connectivity index is 1.96. The van der Waals surface area contributed by atoms with Crippen molar-refractivity contribution in [3.05, 3.63) is 16.7 Å². The summed E-state index contributed by atoms with van der Waals surface area (Å²) >= 11 is 0. The first kappa shape index (κ1) is 14.8. The molecule has 0 aliphatic rings. The molecule has 0 atom stereocenters. The van der Waals surface area contributed by atoms with E-state index in [1.54, 1.807) is 4.57 Å². The third kappa shape index (κ3) is 3.71. The molecule has 10 nitrogen and oxygen atoms in total. The van der Waals surface area contributed by atoms with Crippen LogP contribution in [0.25, 0.3) is 11.2 Å². The second-order valence-electron chi connectivity index (χ2n) is 4.14. The zero-order valence-electron chi connectivity index (χ0n) is 10.4. The third-order valence-corrected chi connectivity index (χ3v) is 2.97. The average Bonchev–Trinajstić information content (AvgIpc) is 2.70. The SMILES string of the molecule is Nc1nc2c(ncn2CCCOC[P+](O)(O)O)c(=O)[nH]1. The van der Waals surface area contributed by atoms with Gasteiger partial charge in [0.1, 0.15) is 0 Å². The number of rotatable bonds is 6. The molecule has 0 bridgehead atoms. The van der Waals surface area contributed by atoms with E-state index in [9.17, 15) is 4.79 Å². The highest BCUT2D eigenvalue weighted by molar-refractivity contribution is 7.58. The second-order valence-corrected chi connectivity index (χ2v) is 5.79. The number of nitrogens with one attached hydrogen (secondary N) is 1. The van der Waals surface area contributed by atoms with Gasteiger partial charge in [0.2, 0.25) is 12.3 Å². The van der Waals surface area contributed by atoms with Crippen molar-refractivity contribution in [1.82, 2.24) is 19.5 Å². The maximum Gasteiger partial charge on any atom is 0.431 e. The summed E-state index contributed by atoms with van der Waals surface area (Å²) in [5, 5.41) is 0. The van der Waals surface area contributed by atoms with E-state index >= 15 is 0 Å². The molecule has 0 saturated carbocycles. The first-order chi connectivity index (χ1) is 9.37. The lowest BCUT2D eigenvalue weighted by Gasteiger charge is -2.06. The van der Waals surface area contributed by atoms with Crippen molar-refractivity contribution in [2.24, 2.45) is 0 Å². The van der Waals surface area contributed by atoms with Crippen molar-refractivity contribution < 1.29 is 19.4 Å². The molecule has 2 aromatic rings. The van der Waals surface area contributed by atoms with Gasteiger partial charge < -0.3 is 15.0 Å². The largest absolute Gasteiger partial charge is 0.431 e. The van der Waals surface area contributed by atoms with Crippen LogP contribution in [0.15, 0.2) is 11.1 Å². The fraction of sp³-hybridized carbons (Fsp3) is 0.444. The molecule has 0 radical (unpaired) electrons. The minimum absolute atomic E-state index is 0.0101. The normalized spacial score (nSPS) is 12.2. The predicted molar refractivity (Wildman–Crippen MR) is 71.6 cm³/mol. The Morgan fingerprint density at radius 3 is 2.90 bits per heavy atom. The van der Waals surface area contributed by atoms with Gasteiger partial charge in [0.15, 0.2) is 11.2 Å². The number of aryl methyl sites for hydroxylation is 1. The van der Waals surface area contributed by atoms with E-state index in [0.29, 0.717) is 18.6 Å². The summed E-state index contributed by atoms with van der Waals surface area (Å²) in [7, 11) is -3.88. The van der Waals surface area contributed by atoms with Crippen molar-refractivity contribution in [2.45, 2.75) is 13.0 Å². The van der Waals surface area contributed by atoms with Crippen LogP contribution in [0.1, 0.15) is 6.42 Å². The number of hydrogen-bond donors (Lipinski definition) is 5. The number of H-pyrrole nitrogens is 1. The van der Waals surface area contributed by atoms with Crippen molar-refractivity contribution in [2.75, 3.05) is 18.7 Å². The van der Waals surface area contributed by atoms with E-state index in [4.69, 9.17) is 25.2 Å². The molecule has 2 aromatic heterocycles. The van der Waals surface area contributed by atoms with Crippen molar-refractivity contribution in [3.63, 3.8) is 0 Å². The van der Waals surface area contributed by atoms with Crippen LogP contribution in [0.3, 0.4) is 0 Å². The van der Waals surface area contributed by atoms with Gasteiger partial charge in [0.05, 0.1) is 12.9 Å². The maximum atomic E-state index is 11.5. The molecule has 0 aliphatic carbocycles. The Bertz CT molecular complexity index is 648. The highest BCUT2D eigenvalue weighted by atomic mass is 31.2. The van der Waals surface area contributed by atoms with Gasteiger partial charge in [0, 0.05) is 6.54 Å². The smallest absolute Gasteiger partial charge is 0.369 e. The topological polar surface area (TPSA) is 160 Å². The number of aromatic amines is 1. The summed E-state index contributed by atoms with van der Waals surface area (Å²) < 4.78 is 6.55. The molecule has 2 rings (SSSR count). The Kier molecular flexibility index (Phi) is 4.31. The minimum atomic E-state index is -3.88. The summed E-state index contributed by atoms with van der Waals surface area (Å²) in [5.41, 5.74) is 5.63. The number of nitrogens with two attached hydrogens (primary N) is 1. The fourth-order valence-corrected chi connectivity index (χ4v) is 2.03. The first-order valence-corrected chi connectivity index (χ1v) is 7.55. The van der Waals surface area contributed by atoms with Gasteiger partial charge in [-0.3, -0.25) is 9.78 Å². The average molecular weight is 304 g/mol. The fourth-order valence-electron chi connectivity index (χ4n) is 1.66. The molecule has 0 spiro atoms.